The van der Waals surface area contributed by atoms with Crippen molar-refractivity contribution in [3.63, 3.8) is 0 Å². The zero-order chi connectivity index (χ0) is 17.6. The lowest BCUT2D eigenvalue weighted by molar-refractivity contribution is -0.154. The normalized spacial score (nSPS) is 11.5. The molecule has 0 spiro atoms. The van der Waals surface area contributed by atoms with Gasteiger partial charge in [0, 0.05) is 19.5 Å². The third-order valence-corrected chi connectivity index (χ3v) is 2.94. The molecule has 9 nitrogen and oxygen atoms in total. The van der Waals surface area contributed by atoms with Gasteiger partial charge < -0.3 is 20.4 Å². The number of nitrogens with zero attached hydrogens (tertiary/aromatic N) is 3. The molecule has 0 aliphatic carbocycles. The number of aromatic nitrogens is 4. The molecule has 0 saturated heterocycles. The van der Waals surface area contributed by atoms with Crippen LogP contribution in [0.1, 0.15) is 33.6 Å². The van der Waals surface area contributed by atoms with Crippen LogP contribution >= 0.6 is 0 Å². The van der Waals surface area contributed by atoms with Gasteiger partial charge in [-0.3, -0.25) is 9.59 Å². The topological polar surface area (TPSA) is 122 Å². The Labute approximate surface area is 139 Å². The van der Waals surface area contributed by atoms with Crippen molar-refractivity contribution < 1.29 is 14.3 Å². The molecule has 0 fully saturated rings. The van der Waals surface area contributed by atoms with Gasteiger partial charge in [0.15, 0.2) is 11.5 Å². The van der Waals surface area contributed by atoms with Crippen LogP contribution in [0.25, 0.3) is 11.2 Å². The summed E-state index contributed by atoms with van der Waals surface area (Å²) in [6.45, 7) is 6.39. The third-order valence-electron chi connectivity index (χ3n) is 2.94. The van der Waals surface area contributed by atoms with E-state index in [0.29, 0.717) is 30.1 Å². The van der Waals surface area contributed by atoms with Crippen molar-refractivity contribution in [2.75, 3.05) is 18.4 Å². The van der Waals surface area contributed by atoms with Crippen molar-refractivity contribution in [1.29, 1.82) is 0 Å². The van der Waals surface area contributed by atoms with Crippen LogP contribution in [0.5, 0.6) is 0 Å². The van der Waals surface area contributed by atoms with Gasteiger partial charge in [-0.2, -0.15) is 0 Å². The fourth-order valence-corrected chi connectivity index (χ4v) is 1.96. The summed E-state index contributed by atoms with van der Waals surface area (Å²) in [5.41, 5.74) is 0.603. The first-order valence-electron chi connectivity index (χ1n) is 7.71. The predicted octanol–water partition coefficient (Wildman–Crippen LogP) is 1.00. The Morgan fingerprint density at radius 3 is 2.67 bits per heavy atom. The third kappa shape index (κ3) is 5.58. The molecule has 0 aliphatic heterocycles. The molecule has 0 aliphatic rings. The molecule has 9 heteroatoms. The van der Waals surface area contributed by atoms with Crippen molar-refractivity contribution in [1.82, 2.24) is 25.3 Å². The first-order valence-corrected chi connectivity index (χ1v) is 7.71. The second-order valence-electron chi connectivity index (χ2n) is 6.21. The fourth-order valence-electron chi connectivity index (χ4n) is 1.96. The van der Waals surface area contributed by atoms with E-state index in [1.54, 1.807) is 0 Å². The van der Waals surface area contributed by atoms with E-state index in [1.165, 1.54) is 12.7 Å². The molecule has 2 heterocycles. The van der Waals surface area contributed by atoms with Gasteiger partial charge in [0.2, 0.25) is 5.91 Å². The Kier molecular flexibility index (Phi) is 5.80. The van der Waals surface area contributed by atoms with E-state index in [-0.39, 0.29) is 24.7 Å². The van der Waals surface area contributed by atoms with Gasteiger partial charge in [-0.25, -0.2) is 15.0 Å². The molecule has 0 unspecified atom stereocenters. The Hall–Kier alpha value is -2.55. The molecule has 0 bridgehead atoms. The molecule has 0 radical (unpaired) electrons. The summed E-state index contributed by atoms with van der Waals surface area (Å²) in [6.07, 6.45) is 3.36. The zero-order valence-electron chi connectivity index (χ0n) is 14.0. The van der Waals surface area contributed by atoms with E-state index in [2.05, 4.69) is 30.6 Å². The van der Waals surface area contributed by atoms with Gasteiger partial charge in [0.25, 0.3) is 0 Å². The van der Waals surface area contributed by atoms with Crippen LogP contribution < -0.4 is 10.6 Å². The molecule has 2 rings (SSSR count). The number of hydrogen-bond acceptors (Lipinski definition) is 7. The van der Waals surface area contributed by atoms with Gasteiger partial charge >= 0.3 is 5.97 Å². The van der Waals surface area contributed by atoms with E-state index in [0.717, 1.165) is 0 Å². The largest absolute Gasteiger partial charge is 0.460 e. The number of amides is 1. The molecule has 0 saturated carbocycles. The first-order chi connectivity index (χ1) is 11.3. The average molecular weight is 334 g/mol. The maximum absolute atomic E-state index is 11.9. The minimum absolute atomic E-state index is 0.186. The summed E-state index contributed by atoms with van der Waals surface area (Å²) < 4.78 is 5.20. The zero-order valence-corrected chi connectivity index (χ0v) is 14.0. The lowest BCUT2D eigenvalue weighted by atomic mass is 10.2. The number of hydrogen-bond donors (Lipinski definition) is 3. The van der Waals surface area contributed by atoms with E-state index < -0.39 is 5.60 Å². The molecular weight excluding hydrogens is 312 g/mol. The fraction of sp³-hybridized carbons (Fsp3) is 0.533. The maximum Gasteiger partial charge on any atom is 0.307 e. The van der Waals surface area contributed by atoms with Gasteiger partial charge in [-0.05, 0) is 20.8 Å². The van der Waals surface area contributed by atoms with Crippen molar-refractivity contribution in [3.8, 4) is 0 Å². The highest BCUT2D eigenvalue weighted by atomic mass is 16.6. The van der Waals surface area contributed by atoms with Crippen LogP contribution in [0.15, 0.2) is 12.7 Å². The molecule has 0 aromatic carbocycles. The number of anilines is 1. The van der Waals surface area contributed by atoms with Crippen LogP contribution in [0, 0.1) is 0 Å². The summed E-state index contributed by atoms with van der Waals surface area (Å²) in [7, 11) is 0. The molecular formula is C15H22N6O3. The van der Waals surface area contributed by atoms with Gasteiger partial charge in [-0.15, -0.1) is 0 Å². The number of carbonyl (C=O) groups is 2. The SMILES string of the molecule is CC(C)(C)OC(=O)CCNCCC(=O)Nc1ncnc2nc[nH]c12. The maximum atomic E-state index is 11.9. The van der Waals surface area contributed by atoms with Gasteiger partial charge in [-0.1, -0.05) is 0 Å². The van der Waals surface area contributed by atoms with Crippen molar-refractivity contribution in [3.05, 3.63) is 12.7 Å². The minimum atomic E-state index is -0.480. The Morgan fingerprint density at radius 2 is 1.92 bits per heavy atom. The smallest absolute Gasteiger partial charge is 0.307 e. The molecule has 3 N–H and O–H groups in total. The van der Waals surface area contributed by atoms with Gasteiger partial charge in [0.05, 0.1) is 12.7 Å². The van der Waals surface area contributed by atoms with E-state index >= 15 is 0 Å². The number of aromatic amines is 1. The first kappa shape index (κ1) is 17.8. The Bertz CT molecular complexity index is 707. The second kappa shape index (κ2) is 7.82. The number of carbonyl (C=O) groups excluding carboxylic acids is 2. The summed E-state index contributed by atoms with van der Waals surface area (Å²) >= 11 is 0. The van der Waals surface area contributed by atoms with E-state index in [4.69, 9.17) is 4.74 Å². The van der Waals surface area contributed by atoms with Crippen LogP contribution in [-0.2, 0) is 14.3 Å². The number of fused-ring (bicyclic) bond motifs is 1. The number of ether oxygens (including phenoxy) is 1. The predicted molar refractivity (Wildman–Crippen MR) is 88.3 cm³/mol. The minimum Gasteiger partial charge on any atom is -0.460 e. The highest BCUT2D eigenvalue weighted by Gasteiger charge is 2.15. The molecule has 0 atom stereocenters. The molecule has 24 heavy (non-hydrogen) atoms. The molecule has 130 valence electrons. The van der Waals surface area contributed by atoms with Crippen LogP contribution in [-0.4, -0.2) is 50.5 Å². The highest BCUT2D eigenvalue weighted by molar-refractivity contribution is 5.96. The molecule has 2 aromatic rings. The van der Waals surface area contributed by atoms with E-state index in [9.17, 15) is 9.59 Å². The van der Waals surface area contributed by atoms with Crippen LogP contribution in [0.3, 0.4) is 0 Å². The summed E-state index contributed by atoms with van der Waals surface area (Å²) in [6, 6.07) is 0. The van der Waals surface area contributed by atoms with Crippen molar-refractivity contribution in [2.24, 2.45) is 0 Å². The molecule has 2 aromatic heterocycles. The summed E-state index contributed by atoms with van der Waals surface area (Å²) in [5.74, 6) is -0.0484. The van der Waals surface area contributed by atoms with Gasteiger partial charge in [0.1, 0.15) is 17.4 Å². The second-order valence-corrected chi connectivity index (χ2v) is 6.21. The highest BCUT2D eigenvalue weighted by Crippen LogP contribution is 2.14. The number of imidazole rings is 1. The van der Waals surface area contributed by atoms with Crippen LogP contribution in [0.4, 0.5) is 5.82 Å². The lowest BCUT2D eigenvalue weighted by Gasteiger charge is -2.19. The molecule has 1 amide bonds. The van der Waals surface area contributed by atoms with Crippen LogP contribution in [0.2, 0.25) is 0 Å². The van der Waals surface area contributed by atoms with Crippen molar-refractivity contribution in [2.45, 2.75) is 39.2 Å². The Morgan fingerprint density at radius 1 is 1.17 bits per heavy atom. The van der Waals surface area contributed by atoms with Crippen molar-refractivity contribution >= 4 is 28.9 Å². The monoisotopic (exact) mass is 334 g/mol. The number of esters is 1. The average Bonchev–Trinajstić information content (AvgIpc) is 2.94. The number of rotatable bonds is 7. The lowest BCUT2D eigenvalue weighted by Crippen LogP contribution is -2.28. The summed E-state index contributed by atoms with van der Waals surface area (Å²) in [5, 5.41) is 5.75. The standard InChI is InChI=1S/C15H22N6O3/c1-15(2,3)24-11(23)5-7-16-6-4-10(22)21-14-12-13(18-8-17-12)19-9-20-14/h8-9,16H,4-7H2,1-3H3,(H2,17,18,19,20,21,22). The quantitative estimate of drug-likeness (QED) is 0.510. The number of H-pyrrole nitrogens is 1. The van der Waals surface area contributed by atoms with E-state index in [1.807, 2.05) is 20.8 Å². The Balaban J connectivity index is 1.67. The summed E-state index contributed by atoms with van der Waals surface area (Å²) in [4.78, 5) is 38.3. The number of nitrogens with one attached hydrogen (secondary N) is 3.